The van der Waals surface area contributed by atoms with Crippen LogP contribution in [0.1, 0.15) is 111 Å². The highest BCUT2D eigenvalue weighted by atomic mass is 32.2. The number of rotatable bonds is 31. The monoisotopic (exact) mass is 991 g/mol. The van der Waals surface area contributed by atoms with Gasteiger partial charge in [-0.3, -0.25) is 32.5 Å². The van der Waals surface area contributed by atoms with E-state index in [1.165, 1.54) is 58.8 Å². The van der Waals surface area contributed by atoms with E-state index < -0.39 is 84.6 Å². The van der Waals surface area contributed by atoms with Crippen molar-refractivity contribution in [2.24, 2.45) is 11.3 Å². The molecular weight excluding hydrogens is 927 g/mol. The number of aliphatic hydroxyl groups excluding tert-OH is 2. The smallest absolute Gasteiger partial charge is 0.386 e. The number of nitrogens with zero attached hydrogens (tertiary/aromatic N) is 4. The number of unbranched alkanes of at least 4 members (excludes halogenated alkanes) is 6. The van der Waals surface area contributed by atoms with Crippen LogP contribution in [0, 0.1) is 11.3 Å². The zero-order chi connectivity index (χ0) is 47.7. The Hall–Kier alpha value is -2.44. The number of nitrogen functional groups attached to an aromatic ring is 1. The largest absolute Gasteiger partial charge is 0.481 e. The summed E-state index contributed by atoms with van der Waals surface area (Å²) in [5, 5.41) is 26.6. The van der Waals surface area contributed by atoms with Crippen molar-refractivity contribution in [3.05, 3.63) is 12.7 Å². The maximum Gasteiger partial charge on any atom is 0.481 e. The Bertz CT molecular complexity index is 1960. The molecule has 8 unspecified atom stereocenters. The second kappa shape index (κ2) is 26.2. The minimum absolute atomic E-state index is 0.0334. The third kappa shape index (κ3) is 19.4. The van der Waals surface area contributed by atoms with Crippen LogP contribution in [0.5, 0.6) is 0 Å². The Morgan fingerprint density at radius 2 is 1.59 bits per heavy atom. The molecule has 10 N–H and O–H groups in total. The number of aliphatic hydroxyl groups is 2. The first-order valence-electron chi connectivity index (χ1n) is 21.0. The van der Waals surface area contributed by atoms with Crippen molar-refractivity contribution in [3.8, 4) is 0 Å². The van der Waals surface area contributed by atoms with Gasteiger partial charge in [0.2, 0.25) is 11.8 Å². The number of amides is 2. The fourth-order valence-corrected chi connectivity index (χ4v) is 10.2. The Kier molecular flexibility index (Phi) is 22.9. The summed E-state index contributed by atoms with van der Waals surface area (Å²) >= 11 is 1.15. The number of carbonyl (C=O) groups excluding carboxylic acids is 3. The molecule has 1 saturated heterocycles. The van der Waals surface area contributed by atoms with Crippen LogP contribution in [0.2, 0.25) is 0 Å². The molecule has 3 rings (SSSR count). The first kappa shape index (κ1) is 55.9. The highest BCUT2D eigenvalue weighted by molar-refractivity contribution is 8.13. The van der Waals surface area contributed by atoms with E-state index >= 15 is 0 Å². The summed E-state index contributed by atoms with van der Waals surface area (Å²) < 4.78 is 62.4. The van der Waals surface area contributed by atoms with Crippen molar-refractivity contribution in [2.75, 3.05) is 37.8 Å². The molecule has 0 aromatic carbocycles. The zero-order valence-corrected chi connectivity index (χ0v) is 39.9. The normalized spacial score (nSPS) is 21.0. The van der Waals surface area contributed by atoms with Crippen LogP contribution in [0.4, 0.5) is 5.82 Å². The van der Waals surface area contributed by atoms with Crippen molar-refractivity contribution in [3.63, 3.8) is 0 Å². The predicted molar refractivity (Wildman–Crippen MR) is 233 cm³/mol. The van der Waals surface area contributed by atoms with Gasteiger partial charge >= 0.3 is 23.5 Å². The van der Waals surface area contributed by atoms with E-state index in [4.69, 9.17) is 19.5 Å². The van der Waals surface area contributed by atoms with Gasteiger partial charge in [0.15, 0.2) is 22.8 Å². The summed E-state index contributed by atoms with van der Waals surface area (Å²) in [6.45, 7) is 5.11. The number of ether oxygens (including phenoxy) is 1. The van der Waals surface area contributed by atoms with Crippen LogP contribution in [0.15, 0.2) is 12.7 Å². The van der Waals surface area contributed by atoms with Gasteiger partial charge in [-0.05, 0) is 12.3 Å². The number of nitrogens with one attached hydrogen (secondary N) is 2. The lowest BCUT2D eigenvalue weighted by molar-refractivity contribution is -0.137. The van der Waals surface area contributed by atoms with Crippen molar-refractivity contribution >= 4 is 69.1 Å². The van der Waals surface area contributed by atoms with Gasteiger partial charge in [-0.2, -0.15) is 4.31 Å². The quantitative estimate of drug-likeness (QED) is 0.0385. The molecule has 0 bridgehead atoms. The average Bonchev–Trinajstić information content (AvgIpc) is 3.77. The summed E-state index contributed by atoms with van der Waals surface area (Å²) in [7, 11) is -16.4. The van der Waals surface area contributed by atoms with Gasteiger partial charge in [0, 0.05) is 37.1 Å². The summed E-state index contributed by atoms with van der Waals surface area (Å²) in [5.74, 6) is -0.220. The summed E-state index contributed by atoms with van der Waals surface area (Å²) in [6, 6.07) is 0. The molecule has 28 heteroatoms. The highest BCUT2D eigenvalue weighted by Gasteiger charge is 2.50. The highest BCUT2D eigenvalue weighted by Crippen LogP contribution is 2.61. The molecule has 24 nitrogen and oxygen atoms in total. The molecule has 1 fully saturated rings. The topological polar surface area (TPSA) is 364 Å². The molecular formula is C36H64N7O17P3S. The number of nitrogens with two attached hydrogens (primary N) is 1. The number of aromatic nitrogens is 4. The number of hydrogen-bond donors (Lipinski definition) is 9. The number of carbonyl (C=O) groups is 3. The molecule has 1 aliphatic heterocycles. The number of phosphoric acid groups is 3. The van der Waals surface area contributed by atoms with E-state index in [1.807, 2.05) is 0 Å². The van der Waals surface area contributed by atoms with Gasteiger partial charge in [-0.15, -0.1) is 0 Å². The van der Waals surface area contributed by atoms with Gasteiger partial charge in [-0.1, -0.05) is 97.2 Å². The molecule has 0 spiro atoms. The van der Waals surface area contributed by atoms with Gasteiger partial charge in [0.05, 0.1) is 19.5 Å². The van der Waals surface area contributed by atoms with Gasteiger partial charge in [0.1, 0.15) is 36.3 Å². The molecule has 64 heavy (non-hydrogen) atoms. The summed E-state index contributed by atoms with van der Waals surface area (Å²) in [5.41, 5.74) is 4.29. The Labute approximate surface area is 376 Å². The number of anilines is 1. The fourth-order valence-electron chi connectivity index (χ4n) is 6.65. The molecule has 366 valence electrons. The van der Waals surface area contributed by atoms with E-state index in [9.17, 15) is 57.9 Å². The third-order valence-electron chi connectivity index (χ3n) is 10.1. The number of phosphoric ester groups is 3. The third-order valence-corrected chi connectivity index (χ3v) is 14.2. The van der Waals surface area contributed by atoms with Gasteiger partial charge in [0.25, 0.3) is 0 Å². The molecule has 0 aliphatic carbocycles. The second-order valence-electron chi connectivity index (χ2n) is 16.2. The van der Waals surface area contributed by atoms with Crippen molar-refractivity contribution in [2.45, 2.75) is 135 Å². The summed E-state index contributed by atoms with van der Waals surface area (Å²) in [4.78, 5) is 88.2. The number of thioether (sulfide) groups is 1. The molecule has 0 saturated carbocycles. The molecule has 2 aromatic heterocycles. The van der Waals surface area contributed by atoms with Crippen molar-refractivity contribution in [1.82, 2.24) is 30.2 Å². The number of hydrogen-bond acceptors (Lipinski definition) is 18. The second-order valence-corrected chi connectivity index (χ2v) is 21.6. The lowest BCUT2D eigenvalue weighted by Gasteiger charge is -2.30. The number of fused-ring (bicyclic) bond motifs is 1. The van der Waals surface area contributed by atoms with E-state index in [1.54, 1.807) is 0 Å². The molecule has 2 aromatic rings. The molecule has 8 atom stereocenters. The van der Waals surface area contributed by atoms with Crippen LogP contribution < -0.4 is 16.4 Å². The molecule has 1 aliphatic rings. The molecule has 2 amide bonds. The van der Waals surface area contributed by atoms with Gasteiger partial charge in [-0.25, -0.2) is 28.6 Å². The Morgan fingerprint density at radius 1 is 0.938 bits per heavy atom. The van der Waals surface area contributed by atoms with Crippen LogP contribution >= 0.6 is 35.2 Å². The number of imidazole rings is 1. The first-order valence-corrected chi connectivity index (χ1v) is 26.5. The molecule has 3 heterocycles. The lowest BCUT2D eigenvalue weighted by Crippen LogP contribution is -2.46. The van der Waals surface area contributed by atoms with Crippen LogP contribution in [-0.4, -0.2) is 123 Å². The standard InChI is InChI=1S/C36H64N7O17P3S/c1-5-13-24(2)14-11-9-7-6-8-10-12-15-27(45)64-19-18-38-26(44)16-17-39-34(48)31(47)36(3,4)21-57-63(54,55)60-62(52,53)56-20-25-30(59-61(49,50)51)29(46)35(58-25)43-23-42-28-32(37)40-22-41-33(28)43/h22-25,29-31,35,46-47H,5-21H2,1-4H3,(H,38,44)(H,39,48)(H,52,53)(H,54,55)(H2,37,40,41)(H2,49,50,51). The summed E-state index contributed by atoms with van der Waals surface area (Å²) in [6.07, 6.45) is 5.34. The van der Waals surface area contributed by atoms with E-state index in [2.05, 4.69) is 48.3 Å². The van der Waals surface area contributed by atoms with E-state index in [-0.39, 0.29) is 41.6 Å². The van der Waals surface area contributed by atoms with Crippen LogP contribution in [0.3, 0.4) is 0 Å². The maximum atomic E-state index is 12.7. The van der Waals surface area contributed by atoms with Crippen molar-refractivity contribution in [1.29, 1.82) is 0 Å². The maximum absolute atomic E-state index is 12.7. The molecule has 0 radical (unpaired) electrons. The fraction of sp³-hybridized carbons (Fsp3) is 0.778. The first-order chi connectivity index (χ1) is 29.9. The zero-order valence-electron chi connectivity index (χ0n) is 36.4. The van der Waals surface area contributed by atoms with E-state index in [0.29, 0.717) is 12.2 Å². The predicted octanol–water partition coefficient (Wildman–Crippen LogP) is 3.61. The minimum atomic E-state index is -5.57. The Balaban J connectivity index is 1.34. The van der Waals surface area contributed by atoms with Gasteiger partial charge < -0.3 is 50.9 Å². The SMILES string of the molecule is CCCC(C)CCCCCCCCCC(=O)SCCNC(=O)CCNC(=O)C(O)C(C)(C)COP(=O)(O)OP(=O)(O)OCC1OC(n2cnc3c(N)ncnc32)C(O)C1OP(=O)(O)O. The Morgan fingerprint density at radius 3 is 2.27 bits per heavy atom. The van der Waals surface area contributed by atoms with Crippen molar-refractivity contribution < 1.29 is 80.5 Å². The lowest BCUT2D eigenvalue weighted by atomic mass is 9.87. The average molecular weight is 992 g/mol. The van der Waals surface area contributed by atoms with E-state index in [0.717, 1.165) is 54.2 Å². The van der Waals surface area contributed by atoms with Crippen LogP contribution in [-0.2, 0) is 50.7 Å². The van der Waals surface area contributed by atoms with Crippen LogP contribution in [0.25, 0.3) is 11.2 Å². The minimum Gasteiger partial charge on any atom is -0.386 e.